The van der Waals surface area contributed by atoms with E-state index in [2.05, 4.69) is 15.1 Å². The lowest BCUT2D eigenvalue weighted by Gasteiger charge is -2.22. The molecule has 2 aliphatic heterocycles. The van der Waals surface area contributed by atoms with Crippen molar-refractivity contribution in [3.8, 4) is 11.3 Å². The molecule has 2 unspecified atom stereocenters. The monoisotopic (exact) mass is 429 g/mol. The van der Waals surface area contributed by atoms with E-state index in [4.69, 9.17) is 4.52 Å². The third-order valence-corrected chi connectivity index (χ3v) is 5.85. The van der Waals surface area contributed by atoms with E-state index < -0.39 is 11.7 Å². The largest absolute Gasteiger partial charge is 0.417 e. The van der Waals surface area contributed by atoms with Gasteiger partial charge in [-0.25, -0.2) is 4.98 Å². The van der Waals surface area contributed by atoms with E-state index in [-0.39, 0.29) is 23.4 Å². The maximum Gasteiger partial charge on any atom is 0.417 e. The summed E-state index contributed by atoms with van der Waals surface area (Å²) >= 11 is 0. The number of likely N-dealkylation sites (tertiary alicyclic amines) is 1. The van der Waals surface area contributed by atoms with Crippen LogP contribution < -0.4 is 4.90 Å². The second kappa shape index (κ2) is 7.36. The number of carbonyl (C=O) groups is 1. The van der Waals surface area contributed by atoms with Crippen LogP contribution in [0, 0.1) is 11.8 Å². The van der Waals surface area contributed by atoms with Crippen molar-refractivity contribution >= 4 is 11.7 Å². The highest BCUT2D eigenvalue weighted by Crippen LogP contribution is 2.35. The Bertz CT molecular complexity index is 1070. The molecule has 2 fully saturated rings. The van der Waals surface area contributed by atoms with Crippen LogP contribution in [-0.2, 0) is 6.18 Å². The van der Waals surface area contributed by atoms with E-state index in [1.54, 1.807) is 29.4 Å². The average Bonchev–Trinajstić information content (AvgIpc) is 3.48. The van der Waals surface area contributed by atoms with Gasteiger partial charge in [0, 0.05) is 68.2 Å². The highest BCUT2D eigenvalue weighted by atomic mass is 19.4. The predicted octanol–water partition coefficient (Wildman–Crippen LogP) is 3.36. The van der Waals surface area contributed by atoms with Gasteiger partial charge in [-0.15, -0.1) is 0 Å². The van der Waals surface area contributed by atoms with E-state index in [0.717, 1.165) is 17.8 Å². The van der Waals surface area contributed by atoms with Gasteiger partial charge in [-0.3, -0.25) is 9.78 Å². The molecule has 3 aromatic rings. The summed E-state index contributed by atoms with van der Waals surface area (Å²) in [5, 5.41) is 3.92. The first kappa shape index (κ1) is 19.5. The number of fused-ring (bicyclic) bond motifs is 1. The maximum atomic E-state index is 12.9. The van der Waals surface area contributed by atoms with Crippen molar-refractivity contribution in [1.82, 2.24) is 20.0 Å². The normalized spacial score (nSPS) is 20.9. The lowest BCUT2D eigenvalue weighted by atomic mass is 10.0. The zero-order valence-corrected chi connectivity index (χ0v) is 16.3. The van der Waals surface area contributed by atoms with Gasteiger partial charge < -0.3 is 14.3 Å². The Labute approximate surface area is 175 Å². The molecule has 31 heavy (non-hydrogen) atoms. The number of nitrogens with zero attached hydrogens (tertiary/aromatic N) is 5. The third-order valence-electron chi connectivity index (χ3n) is 5.85. The predicted molar refractivity (Wildman–Crippen MR) is 104 cm³/mol. The van der Waals surface area contributed by atoms with Crippen LogP contribution >= 0.6 is 0 Å². The summed E-state index contributed by atoms with van der Waals surface area (Å²) in [4.78, 5) is 24.6. The number of pyridine rings is 2. The average molecular weight is 429 g/mol. The smallest absolute Gasteiger partial charge is 0.356 e. The van der Waals surface area contributed by atoms with Crippen molar-refractivity contribution in [3.05, 3.63) is 60.2 Å². The van der Waals surface area contributed by atoms with Crippen molar-refractivity contribution in [2.75, 3.05) is 31.1 Å². The molecule has 0 saturated carbocycles. The molecule has 160 valence electrons. The van der Waals surface area contributed by atoms with Crippen LogP contribution in [0.5, 0.6) is 0 Å². The number of anilines is 1. The molecular formula is C21H18F3N5O2. The van der Waals surface area contributed by atoms with Crippen LogP contribution in [0.1, 0.15) is 16.1 Å². The number of amides is 1. The molecule has 1 amide bonds. The van der Waals surface area contributed by atoms with Gasteiger partial charge in [-0.1, -0.05) is 5.16 Å². The topological polar surface area (TPSA) is 75.4 Å². The molecule has 5 heterocycles. The summed E-state index contributed by atoms with van der Waals surface area (Å²) in [6.45, 7) is 2.42. The highest BCUT2D eigenvalue weighted by Gasteiger charge is 2.42. The first-order chi connectivity index (χ1) is 14.9. The van der Waals surface area contributed by atoms with E-state index in [1.807, 2.05) is 11.0 Å². The van der Waals surface area contributed by atoms with Crippen LogP contribution in [0.25, 0.3) is 11.3 Å². The molecule has 7 nitrogen and oxygen atoms in total. The Morgan fingerprint density at radius 2 is 1.84 bits per heavy atom. The summed E-state index contributed by atoms with van der Waals surface area (Å²) in [6, 6.07) is 7.68. The Morgan fingerprint density at radius 3 is 2.45 bits per heavy atom. The number of alkyl halides is 3. The summed E-state index contributed by atoms with van der Waals surface area (Å²) in [5.74, 6) is 1.29. The second-order valence-electron chi connectivity index (χ2n) is 7.86. The van der Waals surface area contributed by atoms with Gasteiger partial charge in [0.05, 0.1) is 5.56 Å². The molecule has 0 radical (unpaired) electrons. The van der Waals surface area contributed by atoms with Gasteiger partial charge in [-0.05, 0) is 24.3 Å². The fourth-order valence-corrected chi connectivity index (χ4v) is 4.27. The molecule has 2 atom stereocenters. The van der Waals surface area contributed by atoms with Gasteiger partial charge >= 0.3 is 6.18 Å². The number of hydrogen-bond acceptors (Lipinski definition) is 6. The Balaban J connectivity index is 1.22. The summed E-state index contributed by atoms with van der Waals surface area (Å²) in [5.41, 5.74) is 0.234. The molecule has 5 rings (SSSR count). The van der Waals surface area contributed by atoms with Crippen LogP contribution in [0.2, 0.25) is 0 Å². The first-order valence-electron chi connectivity index (χ1n) is 9.83. The van der Waals surface area contributed by atoms with Crippen molar-refractivity contribution in [1.29, 1.82) is 0 Å². The Hall–Kier alpha value is -3.43. The molecule has 10 heteroatoms. The van der Waals surface area contributed by atoms with Gasteiger partial charge in [0.25, 0.3) is 5.91 Å². The molecule has 0 bridgehead atoms. The summed E-state index contributed by atoms with van der Waals surface area (Å²) < 4.78 is 43.5. The fraction of sp³-hybridized carbons (Fsp3) is 0.333. The lowest BCUT2D eigenvalue weighted by Crippen LogP contribution is -2.33. The third kappa shape index (κ3) is 3.73. The number of hydrogen-bond donors (Lipinski definition) is 0. The minimum Gasteiger partial charge on any atom is -0.356 e. The van der Waals surface area contributed by atoms with Crippen LogP contribution in [0.15, 0.2) is 53.4 Å². The van der Waals surface area contributed by atoms with Crippen molar-refractivity contribution in [2.24, 2.45) is 11.8 Å². The van der Waals surface area contributed by atoms with E-state index in [1.165, 1.54) is 6.07 Å². The lowest BCUT2D eigenvalue weighted by molar-refractivity contribution is -0.137. The van der Waals surface area contributed by atoms with Crippen LogP contribution in [0.3, 0.4) is 0 Å². The van der Waals surface area contributed by atoms with Gasteiger partial charge in [0.2, 0.25) is 0 Å². The zero-order chi connectivity index (χ0) is 21.6. The van der Waals surface area contributed by atoms with Crippen molar-refractivity contribution < 1.29 is 22.5 Å². The number of rotatable bonds is 3. The minimum atomic E-state index is -4.40. The SMILES string of the molecule is O=C(c1cc(-c2cccnc2)on1)N1CC2CN(c3ccc(C(F)(F)F)cn3)CC2C1. The first-order valence-corrected chi connectivity index (χ1v) is 9.83. The number of halogens is 3. The van der Waals surface area contributed by atoms with Crippen LogP contribution in [0.4, 0.5) is 19.0 Å². The minimum absolute atomic E-state index is 0.188. The zero-order valence-electron chi connectivity index (χ0n) is 16.3. The number of carbonyl (C=O) groups excluding carboxylic acids is 1. The fourth-order valence-electron chi connectivity index (χ4n) is 4.27. The van der Waals surface area contributed by atoms with Gasteiger partial charge in [0.1, 0.15) is 5.82 Å². The second-order valence-corrected chi connectivity index (χ2v) is 7.86. The maximum absolute atomic E-state index is 12.9. The van der Waals surface area contributed by atoms with Crippen LogP contribution in [-0.4, -0.2) is 52.1 Å². The summed E-state index contributed by atoms with van der Waals surface area (Å²) in [7, 11) is 0. The molecule has 2 aliphatic rings. The summed E-state index contributed by atoms with van der Waals surface area (Å²) in [6.07, 6.45) is -0.243. The Morgan fingerprint density at radius 1 is 1.06 bits per heavy atom. The molecule has 3 aromatic heterocycles. The van der Waals surface area contributed by atoms with E-state index >= 15 is 0 Å². The molecular weight excluding hydrogens is 411 g/mol. The number of aromatic nitrogens is 3. The quantitative estimate of drug-likeness (QED) is 0.636. The Kier molecular flexibility index (Phi) is 4.64. The van der Waals surface area contributed by atoms with E-state index in [0.29, 0.717) is 37.8 Å². The molecule has 0 spiro atoms. The highest BCUT2D eigenvalue weighted by molar-refractivity contribution is 5.93. The van der Waals surface area contributed by atoms with Gasteiger partial charge in [0.15, 0.2) is 11.5 Å². The standard InChI is InChI=1S/C21H18F3N5O2/c22-21(23,24)16-3-4-19(26-8-16)28-9-14-11-29(12-15(14)10-28)20(30)17-6-18(31-27-17)13-2-1-5-25-7-13/h1-8,14-15H,9-12H2. The molecule has 0 N–H and O–H groups in total. The van der Waals surface area contributed by atoms with Gasteiger partial charge in [-0.2, -0.15) is 13.2 Å². The molecule has 0 aromatic carbocycles. The van der Waals surface area contributed by atoms with Crippen molar-refractivity contribution in [2.45, 2.75) is 6.18 Å². The molecule has 2 saturated heterocycles. The van der Waals surface area contributed by atoms with E-state index in [9.17, 15) is 18.0 Å². The van der Waals surface area contributed by atoms with Crippen molar-refractivity contribution in [3.63, 3.8) is 0 Å². The molecule has 0 aliphatic carbocycles.